The van der Waals surface area contributed by atoms with E-state index in [1.54, 1.807) is 13.8 Å². The summed E-state index contributed by atoms with van der Waals surface area (Å²) in [4.78, 5) is 36.3. The smallest absolute Gasteiger partial charge is 0.407 e. The lowest BCUT2D eigenvalue weighted by Gasteiger charge is -2.21. The molecule has 1 fully saturated rings. The van der Waals surface area contributed by atoms with Crippen molar-refractivity contribution in [3.8, 4) is 11.1 Å². The Balaban J connectivity index is 1.26. The second-order valence-corrected chi connectivity index (χ2v) is 9.78. The summed E-state index contributed by atoms with van der Waals surface area (Å²) in [6.45, 7) is 4.39. The van der Waals surface area contributed by atoms with E-state index in [2.05, 4.69) is 34.9 Å². The second kappa shape index (κ2) is 10.5. The highest BCUT2D eigenvalue weighted by molar-refractivity contribution is 5.82. The fourth-order valence-corrected chi connectivity index (χ4v) is 4.70. The molecule has 2 amide bonds. The van der Waals surface area contributed by atoms with Crippen molar-refractivity contribution in [3.05, 3.63) is 59.7 Å². The van der Waals surface area contributed by atoms with E-state index in [9.17, 15) is 19.5 Å². The van der Waals surface area contributed by atoms with Gasteiger partial charge in [0, 0.05) is 31.5 Å². The van der Waals surface area contributed by atoms with Gasteiger partial charge in [-0.05, 0) is 48.9 Å². The topological polar surface area (TPSA) is 114 Å². The maximum atomic E-state index is 12.6. The molecule has 186 valence electrons. The number of amides is 2. The third-order valence-electron chi connectivity index (χ3n) is 6.95. The minimum Gasteiger partial charge on any atom is -0.481 e. The number of hydrogen-bond acceptors (Lipinski definition) is 5. The van der Waals surface area contributed by atoms with Crippen LogP contribution in [0.15, 0.2) is 48.5 Å². The van der Waals surface area contributed by atoms with Crippen LogP contribution in [0.4, 0.5) is 4.79 Å². The summed E-state index contributed by atoms with van der Waals surface area (Å²) in [5.74, 6) is -1.39. The van der Waals surface area contributed by atoms with Crippen LogP contribution in [0, 0.1) is 11.3 Å². The first-order valence-electron chi connectivity index (χ1n) is 12.0. The van der Waals surface area contributed by atoms with E-state index in [1.165, 1.54) is 11.1 Å². The van der Waals surface area contributed by atoms with Gasteiger partial charge in [0.05, 0.1) is 5.41 Å². The molecule has 2 aromatic rings. The summed E-state index contributed by atoms with van der Waals surface area (Å²) in [6.07, 6.45) is -0.260. The number of rotatable bonds is 9. The SMILES string of the molecule is CC(C)(CCNC(=O)C1OCCC1CNC(=O)OCC1c2ccccc2-c2ccccc21)C(=O)O. The largest absolute Gasteiger partial charge is 0.481 e. The normalized spacial score (nSPS) is 19.0. The molecular weight excluding hydrogens is 448 g/mol. The van der Waals surface area contributed by atoms with E-state index in [1.807, 2.05) is 24.3 Å². The highest BCUT2D eigenvalue weighted by Gasteiger charge is 2.35. The van der Waals surface area contributed by atoms with Crippen molar-refractivity contribution in [2.75, 3.05) is 26.3 Å². The number of alkyl carbamates (subject to hydrolysis) is 1. The predicted molar refractivity (Wildman–Crippen MR) is 130 cm³/mol. The number of hydrogen-bond donors (Lipinski definition) is 3. The van der Waals surface area contributed by atoms with Gasteiger partial charge in [-0.3, -0.25) is 9.59 Å². The van der Waals surface area contributed by atoms with Crippen molar-refractivity contribution in [1.29, 1.82) is 0 Å². The van der Waals surface area contributed by atoms with Gasteiger partial charge in [0.15, 0.2) is 0 Å². The lowest BCUT2D eigenvalue weighted by atomic mass is 9.89. The predicted octanol–water partition coefficient (Wildman–Crippen LogP) is 3.55. The highest BCUT2D eigenvalue weighted by Crippen LogP contribution is 2.44. The maximum Gasteiger partial charge on any atom is 0.407 e. The summed E-state index contributed by atoms with van der Waals surface area (Å²) < 4.78 is 11.2. The number of benzene rings is 2. The number of ether oxygens (including phenoxy) is 2. The van der Waals surface area contributed by atoms with Crippen LogP contribution in [-0.2, 0) is 19.1 Å². The zero-order chi connectivity index (χ0) is 25.0. The first kappa shape index (κ1) is 24.7. The van der Waals surface area contributed by atoms with E-state index >= 15 is 0 Å². The van der Waals surface area contributed by atoms with Crippen LogP contribution in [0.2, 0.25) is 0 Å². The molecule has 8 heteroatoms. The fourth-order valence-electron chi connectivity index (χ4n) is 4.70. The van der Waals surface area contributed by atoms with Gasteiger partial charge in [-0.2, -0.15) is 0 Å². The average Bonchev–Trinajstić information content (AvgIpc) is 3.44. The molecule has 0 aromatic heterocycles. The molecule has 4 rings (SSSR count). The quantitative estimate of drug-likeness (QED) is 0.506. The molecule has 2 unspecified atom stereocenters. The minimum atomic E-state index is -0.922. The summed E-state index contributed by atoms with van der Waals surface area (Å²) >= 11 is 0. The van der Waals surface area contributed by atoms with E-state index in [0.29, 0.717) is 19.4 Å². The van der Waals surface area contributed by atoms with Crippen LogP contribution in [-0.4, -0.2) is 55.5 Å². The Labute approximate surface area is 205 Å². The molecule has 1 aliphatic heterocycles. The molecule has 0 radical (unpaired) electrons. The van der Waals surface area contributed by atoms with Crippen molar-refractivity contribution in [1.82, 2.24) is 10.6 Å². The second-order valence-electron chi connectivity index (χ2n) is 9.78. The van der Waals surface area contributed by atoms with Gasteiger partial charge in [0.25, 0.3) is 0 Å². The molecule has 2 atom stereocenters. The highest BCUT2D eigenvalue weighted by atomic mass is 16.5. The first-order chi connectivity index (χ1) is 16.8. The number of carbonyl (C=O) groups excluding carboxylic acids is 2. The monoisotopic (exact) mass is 480 g/mol. The van der Waals surface area contributed by atoms with Crippen LogP contribution in [0.25, 0.3) is 11.1 Å². The van der Waals surface area contributed by atoms with Gasteiger partial charge in [-0.15, -0.1) is 0 Å². The zero-order valence-electron chi connectivity index (χ0n) is 20.1. The lowest BCUT2D eigenvalue weighted by molar-refractivity contribution is -0.147. The minimum absolute atomic E-state index is 0.0171. The number of carboxylic acids is 1. The van der Waals surface area contributed by atoms with Gasteiger partial charge in [0.2, 0.25) is 5.91 Å². The van der Waals surface area contributed by atoms with E-state index in [4.69, 9.17) is 9.47 Å². The number of carboxylic acid groups (broad SMARTS) is 1. The Morgan fingerprint density at radius 1 is 1.03 bits per heavy atom. The summed E-state index contributed by atoms with van der Waals surface area (Å²) in [7, 11) is 0. The van der Waals surface area contributed by atoms with Gasteiger partial charge in [-0.25, -0.2) is 4.79 Å². The molecule has 1 aliphatic carbocycles. The summed E-state index contributed by atoms with van der Waals surface area (Å²) in [5, 5.41) is 14.7. The van der Waals surface area contributed by atoms with Crippen molar-refractivity contribution >= 4 is 18.0 Å². The van der Waals surface area contributed by atoms with Crippen LogP contribution in [0.3, 0.4) is 0 Å². The van der Waals surface area contributed by atoms with Crippen molar-refractivity contribution in [2.45, 2.75) is 38.7 Å². The Kier molecular flexibility index (Phi) is 7.40. The zero-order valence-corrected chi connectivity index (χ0v) is 20.1. The van der Waals surface area contributed by atoms with E-state index in [-0.39, 0.29) is 37.4 Å². The van der Waals surface area contributed by atoms with E-state index < -0.39 is 23.6 Å². The van der Waals surface area contributed by atoms with Crippen molar-refractivity contribution in [3.63, 3.8) is 0 Å². The summed E-state index contributed by atoms with van der Waals surface area (Å²) in [5.41, 5.74) is 3.71. The Hall–Kier alpha value is -3.39. The van der Waals surface area contributed by atoms with Crippen LogP contribution in [0.1, 0.15) is 43.7 Å². The maximum absolute atomic E-state index is 12.6. The van der Waals surface area contributed by atoms with Crippen molar-refractivity contribution in [2.24, 2.45) is 11.3 Å². The molecule has 2 aromatic carbocycles. The first-order valence-corrected chi connectivity index (χ1v) is 12.0. The van der Waals surface area contributed by atoms with E-state index in [0.717, 1.165) is 11.1 Å². The molecule has 3 N–H and O–H groups in total. The molecule has 2 aliphatic rings. The fraction of sp³-hybridized carbons (Fsp3) is 0.444. The van der Waals surface area contributed by atoms with Gasteiger partial charge in [0.1, 0.15) is 12.7 Å². The summed E-state index contributed by atoms with van der Waals surface area (Å²) in [6, 6.07) is 16.3. The molecule has 8 nitrogen and oxygen atoms in total. The van der Waals surface area contributed by atoms with Crippen LogP contribution in [0.5, 0.6) is 0 Å². The van der Waals surface area contributed by atoms with Gasteiger partial charge >= 0.3 is 12.1 Å². The van der Waals surface area contributed by atoms with Gasteiger partial charge < -0.3 is 25.2 Å². The number of fused-ring (bicyclic) bond motifs is 3. The molecule has 35 heavy (non-hydrogen) atoms. The molecule has 0 bridgehead atoms. The molecule has 0 spiro atoms. The number of carbonyl (C=O) groups is 3. The van der Waals surface area contributed by atoms with Gasteiger partial charge in [-0.1, -0.05) is 48.5 Å². The van der Waals surface area contributed by atoms with Crippen LogP contribution >= 0.6 is 0 Å². The molecule has 0 saturated carbocycles. The standard InChI is InChI=1S/C27H32N2O6/c1-27(2,25(31)32)12-13-28-24(30)23-17(11-14-34-23)15-29-26(33)35-16-22-20-9-5-3-7-18(20)19-8-4-6-10-21(19)22/h3-10,17,22-23H,11-16H2,1-2H3,(H,28,30)(H,29,33)(H,31,32). The molecule has 1 saturated heterocycles. The number of nitrogens with one attached hydrogen (secondary N) is 2. The Morgan fingerprint density at radius 2 is 1.66 bits per heavy atom. The Bertz CT molecular complexity index is 1050. The average molecular weight is 481 g/mol. The Morgan fingerprint density at radius 3 is 2.29 bits per heavy atom. The van der Waals surface area contributed by atoms with Crippen LogP contribution < -0.4 is 10.6 Å². The lowest BCUT2D eigenvalue weighted by Crippen LogP contribution is -2.43. The third kappa shape index (κ3) is 5.48. The molecule has 1 heterocycles. The molecular formula is C27H32N2O6. The third-order valence-corrected chi connectivity index (χ3v) is 6.95. The number of aliphatic carboxylic acids is 1. The van der Waals surface area contributed by atoms with Crippen molar-refractivity contribution < 1.29 is 29.0 Å².